The van der Waals surface area contributed by atoms with Crippen LogP contribution in [-0.4, -0.2) is 23.6 Å². The van der Waals surface area contributed by atoms with Gasteiger partial charge in [0.05, 0.1) is 6.04 Å². The molecular weight excluding hydrogens is 330 g/mol. The number of benzene rings is 2. The van der Waals surface area contributed by atoms with Crippen molar-refractivity contribution in [2.24, 2.45) is 0 Å². The van der Waals surface area contributed by atoms with Crippen LogP contribution >= 0.6 is 0 Å². The van der Waals surface area contributed by atoms with Crippen LogP contribution < -0.4 is 5.32 Å². The van der Waals surface area contributed by atoms with Crippen molar-refractivity contribution in [2.45, 2.75) is 38.6 Å². The Morgan fingerprint density at radius 2 is 1.85 bits per heavy atom. The second-order valence-corrected chi connectivity index (χ2v) is 6.62. The molecule has 0 unspecified atom stereocenters. The topological polar surface area (TPSA) is 75.6 Å². The number of hydrogen-bond acceptors (Lipinski definition) is 4. The minimum absolute atomic E-state index is 0.0445. The lowest BCUT2D eigenvalue weighted by Crippen LogP contribution is -2.31. The van der Waals surface area contributed by atoms with Crippen molar-refractivity contribution >= 4 is 11.9 Å². The molecule has 2 aromatic carbocycles. The number of nitrogens with one attached hydrogen (secondary N) is 1. The molecule has 5 heteroatoms. The number of phenols is 1. The normalized spacial score (nSPS) is 14.2. The first-order valence-electron chi connectivity index (χ1n) is 8.91. The van der Waals surface area contributed by atoms with Crippen LogP contribution in [0.25, 0.3) is 0 Å². The molecule has 1 atom stereocenters. The van der Waals surface area contributed by atoms with E-state index in [2.05, 4.69) is 17.4 Å². The van der Waals surface area contributed by atoms with Gasteiger partial charge in [-0.15, -0.1) is 0 Å². The van der Waals surface area contributed by atoms with Gasteiger partial charge in [-0.05, 0) is 61.4 Å². The van der Waals surface area contributed by atoms with E-state index in [-0.39, 0.29) is 29.9 Å². The number of amides is 1. The summed E-state index contributed by atoms with van der Waals surface area (Å²) in [5, 5.41) is 12.5. The molecule has 2 N–H and O–H groups in total. The van der Waals surface area contributed by atoms with Gasteiger partial charge in [0, 0.05) is 0 Å². The van der Waals surface area contributed by atoms with E-state index in [1.54, 1.807) is 12.1 Å². The monoisotopic (exact) mass is 353 g/mol. The van der Waals surface area contributed by atoms with Gasteiger partial charge in [-0.1, -0.05) is 30.3 Å². The van der Waals surface area contributed by atoms with E-state index >= 15 is 0 Å². The third-order valence-electron chi connectivity index (χ3n) is 4.71. The minimum atomic E-state index is -0.723. The van der Waals surface area contributed by atoms with Crippen LogP contribution in [0.3, 0.4) is 0 Å². The van der Waals surface area contributed by atoms with E-state index in [1.807, 2.05) is 13.0 Å². The Kier molecular flexibility index (Phi) is 5.56. The second kappa shape index (κ2) is 8.04. The van der Waals surface area contributed by atoms with Gasteiger partial charge in [0.2, 0.25) is 0 Å². The predicted molar refractivity (Wildman–Crippen MR) is 98.0 cm³/mol. The van der Waals surface area contributed by atoms with Crippen LogP contribution in [-0.2, 0) is 22.4 Å². The maximum Gasteiger partial charge on any atom is 0.342 e. The third kappa shape index (κ3) is 4.23. The quantitative estimate of drug-likeness (QED) is 0.809. The summed E-state index contributed by atoms with van der Waals surface area (Å²) in [5.41, 5.74) is 3.85. The lowest BCUT2D eigenvalue weighted by atomic mass is 9.89. The fraction of sp³-hybridized carbons (Fsp3) is 0.333. The summed E-state index contributed by atoms with van der Waals surface area (Å²) >= 11 is 0. The highest BCUT2D eigenvalue weighted by Crippen LogP contribution is 2.24. The molecule has 0 bridgehead atoms. The van der Waals surface area contributed by atoms with E-state index < -0.39 is 5.97 Å². The molecule has 3 rings (SSSR count). The standard InChI is InChI=1S/C21H23NO4/c1-14(16-11-10-15-6-2-3-7-17(15)12-16)22-20(24)13-26-21(25)18-8-4-5-9-19(18)23/h4-5,8-12,14,23H,2-3,6-7,13H2,1H3,(H,22,24)/t14-/m1/s1. The first kappa shape index (κ1) is 18.0. The smallest absolute Gasteiger partial charge is 0.342 e. The molecule has 0 aliphatic heterocycles. The van der Waals surface area contributed by atoms with Crippen LogP contribution in [0.4, 0.5) is 0 Å². The summed E-state index contributed by atoms with van der Waals surface area (Å²) < 4.78 is 4.99. The zero-order valence-corrected chi connectivity index (χ0v) is 14.8. The number of ether oxygens (including phenoxy) is 1. The first-order valence-corrected chi connectivity index (χ1v) is 8.91. The average Bonchev–Trinajstić information content (AvgIpc) is 2.66. The zero-order valence-electron chi connectivity index (χ0n) is 14.8. The van der Waals surface area contributed by atoms with Crippen molar-refractivity contribution in [3.8, 4) is 5.75 Å². The summed E-state index contributed by atoms with van der Waals surface area (Å²) in [7, 11) is 0. The molecule has 0 fully saturated rings. The number of carbonyl (C=O) groups is 2. The van der Waals surface area contributed by atoms with Crippen LogP contribution in [0.5, 0.6) is 5.75 Å². The summed E-state index contributed by atoms with van der Waals surface area (Å²) in [6.45, 7) is 1.52. The number of aromatic hydroxyl groups is 1. The van der Waals surface area contributed by atoms with Gasteiger partial charge < -0.3 is 15.2 Å². The van der Waals surface area contributed by atoms with Crippen LogP contribution in [0.1, 0.15) is 52.9 Å². The molecule has 136 valence electrons. The van der Waals surface area contributed by atoms with E-state index in [9.17, 15) is 14.7 Å². The van der Waals surface area contributed by atoms with Gasteiger partial charge in [-0.25, -0.2) is 4.79 Å². The summed E-state index contributed by atoms with van der Waals surface area (Å²) in [5.74, 6) is -1.26. The van der Waals surface area contributed by atoms with Gasteiger partial charge in [-0.2, -0.15) is 0 Å². The molecular formula is C21H23NO4. The number of esters is 1. The molecule has 5 nitrogen and oxygen atoms in total. The molecule has 1 amide bonds. The Labute approximate surface area is 153 Å². The van der Waals surface area contributed by atoms with Crippen LogP contribution in [0, 0.1) is 0 Å². The predicted octanol–water partition coefficient (Wildman–Crippen LogP) is 3.31. The molecule has 2 aromatic rings. The van der Waals surface area contributed by atoms with Crippen molar-refractivity contribution in [3.63, 3.8) is 0 Å². The number of carbonyl (C=O) groups excluding carboxylic acids is 2. The Bertz CT molecular complexity index is 815. The van der Waals surface area contributed by atoms with Crippen molar-refractivity contribution in [1.82, 2.24) is 5.32 Å². The molecule has 1 aliphatic rings. The number of fused-ring (bicyclic) bond motifs is 1. The van der Waals surface area contributed by atoms with Gasteiger partial charge in [0.1, 0.15) is 11.3 Å². The molecule has 0 saturated carbocycles. The van der Waals surface area contributed by atoms with Gasteiger partial charge in [0.25, 0.3) is 5.91 Å². The first-order chi connectivity index (χ1) is 12.5. The maximum atomic E-state index is 12.1. The lowest BCUT2D eigenvalue weighted by Gasteiger charge is -2.20. The fourth-order valence-electron chi connectivity index (χ4n) is 3.24. The summed E-state index contributed by atoms with van der Waals surface area (Å²) in [6.07, 6.45) is 4.65. The van der Waals surface area contributed by atoms with E-state index in [0.29, 0.717) is 0 Å². The largest absolute Gasteiger partial charge is 0.507 e. The number of aryl methyl sites for hydroxylation is 2. The van der Waals surface area contributed by atoms with E-state index in [0.717, 1.165) is 18.4 Å². The lowest BCUT2D eigenvalue weighted by molar-refractivity contribution is -0.124. The maximum absolute atomic E-state index is 12.1. The van der Waals surface area contributed by atoms with Gasteiger partial charge in [-0.3, -0.25) is 4.79 Å². The number of para-hydroxylation sites is 1. The van der Waals surface area contributed by atoms with Crippen molar-refractivity contribution in [3.05, 3.63) is 64.7 Å². The van der Waals surface area contributed by atoms with E-state index in [1.165, 1.54) is 36.1 Å². The number of phenolic OH excluding ortho intramolecular Hbond substituents is 1. The highest BCUT2D eigenvalue weighted by Gasteiger charge is 2.17. The Morgan fingerprint density at radius 1 is 1.12 bits per heavy atom. The second-order valence-electron chi connectivity index (χ2n) is 6.62. The Morgan fingerprint density at radius 3 is 2.62 bits per heavy atom. The average molecular weight is 353 g/mol. The summed E-state index contributed by atoms with van der Waals surface area (Å²) in [4.78, 5) is 24.0. The van der Waals surface area contributed by atoms with Crippen molar-refractivity contribution in [2.75, 3.05) is 6.61 Å². The summed E-state index contributed by atoms with van der Waals surface area (Å²) in [6, 6.07) is 12.3. The molecule has 0 radical (unpaired) electrons. The van der Waals surface area contributed by atoms with Gasteiger partial charge in [0.15, 0.2) is 6.61 Å². The molecule has 26 heavy (non-hydrogen) atoms. The third-order valence-corrected chi connectivity index (χ3v) is 4.71. The number of hydrogen-bond donors (Lipinski definition) is 2. The molecule has 0 heterocycles. The Hall–Kier alpha value is -2.82. The minimum Gasteiger partial charge on any atom is -0.507 e. The Balaban J connectivity index is 1.54. The molecule has 0 saturated heterocycles. The van der Waals surface area contributed by atoms with E-state index in [4.69, 9.17) is 4.74 Å². The highest BCUT2D eigenvalue weighted by molar-refractivity contribution is 5.93. The SMILES string of the molecule is C[C@@H](NC(=O)COC(=O)c1ccccc1O)c1ccc2c(c1)CCCC2. The zero-order chi connectivity index (χ0) is 18.5. The fourth-order valence-corrected chi connectivity index (χ4v) is 3.24. The van der Waals surface area contributed by atoms with Crippen LogP contribution in [0.2, 0.25) is 0 Å². The molecule has 0 aromatic heterocycles. The van der Waals surface area contributed by atoms with Crippen LogP contribution in [0.15, 0.2) is 42.5 Å². The number of rotatable bonds is 5. The van der Waals surface area contributed by atoms with Crippen molar-refractivity contribution in [1.29, 1.82) is 0 Å². The van der Waals surface area contributed by atoms with Gasteiger partial charge >= 0.3 is 5.97 Å². The molecule has 1 aliphatic carbocycles. The molecule has 0 spiro atoms. The van der Waals surface area contributed by atoms with Crippen molar-refractivity contribution < 1.29 is 19.4 Å². The highest BCUT2D eigenvalue weighted by atomic mass is 16.5.